The zero-order chi connectivity index (χ0) is 30.8. The van der Waals surface area contributed by atoms with Gasteiger partial charge in [-0.2, -0.15) is 5.10 Å². The van der Waals surface area contributed by atoms with Crippen molar-refractivity contribution in [3.05, 3.63) is 98.5 Å². The highest BCUT2D eigenvalue weighted by atomic mass is 16.5. The predicted molar refractivity (Wildman–Crippen MR) is 168 cm³/mol. The molecule has 3 aromatic heterocycles. The smallest absolute Gasteiger partial charge is 0.388 e. The Balaban J connectivity index is 1.39. The average Bonchev–Trinajstić information content (AvgIpc) is 3.68. The fraction of sp³-hybridized carbons (Fsp3) is 0.412. The minimum atomic E-state index is -0.871. The molecular formula is C34H39N5O5. The molecule has 1 aliphatic carbocycles. The Labute approximate surface area is 255 Å². The molecule has 6 rings (SSSR count). The lowest BCUT2D eigenvalue weighted by Crippen LogP contribution is -2.36. The number of hydrogen-bond acceptors (Lipinski definition) is 7. The van der Waals surface area contributed by atoms with Crippen LogP contribution in [-0.4, -0.2) is 47.7 Å². The summed E-state index contributed by atoms with van der Waals surface area (Å²) in [4.78, 5) is 29.0. The van der Waals surface area contributed by atoms with Gasteiger partial charge in [0, 0.05) is 29.7 Å². The monoisotopic (exact) mass is 597 g/mol. The highest BCUT2D eigenvalue weighted by molar-refractivity contribution is 5.81. The molecule has 0 amide bonds. The summed E-state index contributed by atoms with van der Waals surface area (Å²) in [6.07, 6.45) is 7.06. The van der Waals surface area contributed by atoms with E-state index in [2.05, 4.69) is 22.2 Å². The van der Waals surface area contributed by atoms with Crippen LogP contribution >= 0.6 is 0 Å². The van der Waals surface area contributed by atoms with Gasteiger partial charge in [0.15, 0.2) is 5.82 Å². The van der Waals surface area contributed by atoms with Gasteiger partial charge in [-0.3, -0.25) is 18.9 Å². The number of rotatable bonds is 10. The molecule has 10 heteroatoms. The number of aromatic nitrogens is 5. The van der Waals surface area contributed by atoms with Crippen LogP contribution in [0.2, 0.25) is 0 Å². The van der Waals surface area contributed by atoms with Crippen molar-refractivity contribution < 1.29 is 14.4 Å². The molecule has 2 aromatic carbocycles. The first-order valence-corrected chi connectivity index (χ1v) is 15.4. The van der Waals surface area contributed by atoms with Gasteiger partial charge < -0.3 is 9.84 Å². The standard InChI is InChI=1S/C34H39N5O5/c1-4-8-29-28(20-22-11-16-26(23-9-6-5-7-10-23)27(19-22)31-36-33(41)44-37-31)32(40)38(30-17-18-35-39(29)30)24-12-14-25(15-13-24)43-21-34(2,3)42/h5-7,9-11,16-19,24-25,42H,4,8,12-15,20-21H2,1-3H3,(H,36,37,41). The van der Waals surface area contributed by atoms with E-state index >= 15 is 0 Å². The number of aliphatic hydroxyl groups is 1. The summed E-state index contributed by atoms with van der Waals surface area (Å²) in [5.41, 5.74) is 5.09. The molecule has 1 fully saturated rings. The molecule has 0 aliphatic heterocycles. The minimum absolute atomic E-state index is 0.00541. The third-order valence-electron chi connectivity index (χ3n) is 8.36. The van der Waals surface area contributed by atoms with Gasteiger partial charge in [-0.15, -0.1) is 0 Å². The lowest BCUT2D eigenvalue weighted by atomic mass is 9.91. The van der Waals surface area contributed by atoms with E-state index in [4.69, 9.17) is 9.26 Å². The Morgan fingerprint density at radius 1 is 1.05 bits per heavy atom. The second-order valence-corrected chi connectivity index (χ2v) is 12.4. The minimum Gasteiger partial charge on any atom is -0.388 e. The maximum absolute atomic E-state index is 14.4. The lowest BCUT2D eigenvalue weighted by Gasteiger charge is -2.32. The molecule has 0 unspecified atom stereocenters. The van der Waals surface area contributed by atoms with E-state index in [1.165, 1.54) is 0 Å². The van der Waals surface area contributed by atoms with Gasteiger partial charge in [0.1, 0.15) is 5.65 Å². The lowest BCUT2D eigenvalue weighted by molar-refractivity contribution is -0.0654. The van der Waals surface area contributed by atoms with Gasteiger partial charge in [-0.05, 0) is 68.7 Å². The third-order valence-corrected chi connectivity index (χ3v) is 8.36. The van der Waals surface area contributed by atoms with Gasteiger partial charge >= 0.3 is 5.76 Å². The van der Waals surface area contributed by atoms with Crippen molar-refractivity contribution in [1.29, 1.82) is 0 Å². The van der Waals surface area contributed by atoms with Crippen LogP contribution in [0.15, 0.2) is 74.9 Å². The predicted octanol–water partition coefficient (Wildman–Crippen LogP) is 5.32. The van der Waals surface area contributed by atoms with Gasteiger partial charge in [-0.25, -0.2) is 9.31 Å². The van der Waals surface area contributed by atoms with E-state index in [0.29, 0.717) is 18.7 Å². The largest absolute Gasteiger partial charge is 0.439 e. The highest BCUT2D eigenvalue weighted by Crippen LogP contribution is 2.33. The fourth-order valence-electron chi connectivity index (χ4n) is 6.32. The van der Waals surface area contributed by atoms with Gasteiger partial charge in [0.2, 0.25) is 0 Å². The molecule has 230 valence electrons. The van der Waals surface area contributed by atoms with E-state index in [-0.39, 0.29) is 24.3 Å². The molecular weight excluding hydrogens is 558 g/mol. The first-order chi connectivity index (χ1) is 21.2. The Bertz CT molecular complexity index is 1850. The number of nitrogens with zero attached hydrogens (tertiary/aromatic N) is 4. The summed E-state index contributed by atoms with van der Waals surface area (Å²) in [7, 11) is 0. The molecule has 0 radical (unpaired) electrons. The normalized spacial score (nSPS) is 17.4. The number of benzene rings is 2. The second kappa shape index (κ2) is 12.4. The van der Waals surface area contributed by atoms with E-state index in [9.17, 15) is 14.7 Å². The first kappa shape index (κ1) is 29.8. The Hall–Kier alpha value is -4.28. The summed E-state index contributed by atoms with van der Waals surface area (Å²) in [5.74, 6) is -0.283. The van der Waals surface area contributed by atoms with Crippen LogP contribution in [0.3, 0.4) is 0 Å². The number of ether oxygens (including phenoxy) is 1. The number of hydrogen-bond donors (Lipinski definition) is 2. The van der Waals surface area contributed by atoms with Gasteiger partial charge in [-0.1, -0.05) is 61.0 Å². The van der Waals surface area contributed by atoms with Crippen LogP contribution in [-0.2, 0) is 17.6 Å². The van der Waals surface area contributed by atoms with Crippen LogP contribution in [0.4, 0.5) is 0 Å². The zero-order valence-electron chi connectivity index (χ0n) is 25.5. The van der Waals surface area contributed by atoms with Crippen LogP contribution < -0.4 is 11.3 Å². The molecule has 5 aromatic rings. The number of aryl methyl sites for hydroxylation is 1. The fourth-order valence-corrected chi connectivity index (χ4v) is 6.32. The second-order valence-electron chi connectivity index (χ2n) is 12.4. The Morgan fingerprint density at radius 2 is 1.82 bits per heavy atom. The van der Waals surface area contributed by atoms with Crippen molar-refractivity contribution in [2.75, 3.05) is 6.61 Å². The summed E-state index contributed by atoms with van der Waals surface area (Å²) in [6.45, 7) is 5.89. The molecule has 3 heterocycles. The quantitative estimate of drug-likeness (QED) is 0.223. The topological polar surface area (TPSA) is 128 Å². The number of H-pyrrole nitrogens is 1. The SMILES string of the molecule is CCCc1c(Cc2ccc(-c3ccccc3)c(-c3noc(=O)[nH]3)c2)c(=O)n(C2CCC(OCC(C)(C)O)CC2)c2ccnn12. The highest BCUT2D eigenvalue weighted by Gasteiger charge is 2.28. The van der Waals surface area contributed by atoms with E-state index in [1.807, 2.05) is 63.7 Å². The summed E-state index contributed by atoms with van der Waals surface area (Å²) in [5, 5.41) is 18.7. The average molecular weight is 598 g/mol. The molecule has 10 nitrogen and oxygen atoms in total. The van der Waals surface area contributed by atoms with E-state index in [1.54, 1.807) is 20.0 Å². The molecule has 1 saturated carbocycles. The Morgan fingerprint density at radius 3 is 2.50 bits per heavy atom. The van der Waals surface area contributed by atoms with Crippen molar-refractivity contribution in [3.8, 4) is 22.5 Å². The van der Waals surface area contributed by atoms with Crippen LogP contribution in [0.5, 0.6) is 0 Å². The maximum atomic E-state index is 14.4. The van der Waals surface area contributed by atoms with Gasteiger partial charge in [0.05, 0.1) is 30.2 Å². The van der Waals surface area contributed by atoms with Gasteiger partial charge in [0.25, 0.3) is 5.56 Å². The summed E-state index contributed by atoms with van der Waals surface area (Å²) < 4.78 is 14.7. The van der Waals surface area contributed by atoms with Crippen molar-refractivity contribution in [3.63, 3.8) is 0 Å². The molecule has 0 atom stereocenters. The van der Waals surface area contributed by atoms with Crippen LogP contribution in [0.1, 0.15) is 75.7 Å². The summed E-state index contributed by atoms with van der Waals surface area (Å²) >= 11 is 0. The number of nitrogens with one attached hydrogen (secondary N) is 1. The molecule has 1 aliphatic rings. The van der Waals surface area contributed by atoms with Crippen molar-refractivity contribution in [2.24, 2.45) is 0 Å². The number of aromatic amines is 1. The number of fused-ring (bicyclic) bond motifs is 1. The van der Waals surface area contributed by atoms with E-state index < -0.39 is 11.4 Å². The molecule has 2 N–H and O–H groups in total. The van der Waals surface area contributed by atoms with Crippen molar-refractivity contribution in [2.45, 2.75) is 83.5 Å². The summed E-state index contributed by atoms with van der Waals surface area (Å²) in [6, 6.07) is 17.9. The molecule has 0 saturated heterocycles. The third kappa shape index (κ3) is 6.18. The Kier molecular flexibility index (Phi) is 8.38. The zero-order valence-corrected chi connectivity index (χ0v) is 25.5. The first-order valence-electron chi connectivity index (χ1n) is 15.4. The molecule has 0 spiro atoms. The van der Waals surface area contributed by atoms with Crippen molar-refractivity contribution >= 4 is 5.65 Å². The van der Waals surface area contributed by atoms with E-state index in [0.717, 1.165) is 71.3 Å². The van der Waals surface area contributed by atoms with Crippen LogP contribution in [0.25, 0.3) is 28.2 Å². The molecule has 44 heavy (non-hydrogen) atoms. The molecule has 0 bridgehead atoms. The maximum Gasteiger partial charge on any atom is 0.439 e. The van der Waals surface area contributed by atoms with Crippen molar-refractivity contribution in [1.82, 2.24) is 24.3 Å². The van der Waals surface area contributed by atoms with Crippen LogP contribution in [0, 0.1) is 0 Å².